The molecule has 0 fully saturated rings. The van der Waals surface area contributed by atoms with Crippen molar-refractivity contribution in [1.82, 2.24) is 20.5 Å². The summed E-state index contributed by atoms with van der Waals surface area (Å²) in [7, 11) is 0. The number of amides is 2. The first kappa shape index (κ1) is 16.4. The smallest absolute Gasteiger partial charge is 0.321 e. The summed E-state index contributed by atoms with van der Waals surface area (Å²) in [4.78, 5) is 27.7. The first-order chi connectivity index (χ1) is 11.6. The lowest BCUT2D eigenvalue weighted by molar-refractivity contribution is -0.142. The van der Waals surface area contributed by atoms with Crippen molar-refractivity contribution in [3.63, 3.8) is 0 Å². The van der Waals surface area contributed by atoms with Crippen molar-refractivity contribution in [2.75, 3.05) is 11.9 Å². The minimum atomic E-state index is -0.323. The molecule has 0 radical (unpaired) electrons. The Hall–Kier alpha value is -2.42. The molecule has 0 bridgehead atoms. The number of nitrogens with zero attached hydrogens (tertiary/aromatic N) is 2. The van der Waals surface area contributed by atoms with Gasteiger partial charge in [0.15, 0.2) is 5.13 Å². The molecule has 3 N–H and O–H groups in total. The molecule has 0 unspecified atom stereocenters. The predicted octanol–water partition coefficient (Wildman–Crippen LogP) is 1.65. The fraction of sp³-hybridized carbons (Fsp3) is 0.467. The number of ether oxygens (including phenoxy) is 1. The summed E-state index contributed by atoms with van der Waals surface area (Å²) in [6.45, 7) is 2.10. The van der Waals surface area contributed by atoms with Gasteiger partial charge in [-0.3, -0.25) is 15.2 Å². The number of hydrogen-bond donors (Lipinski definition) is 3. The van der Waals surface area contributed by atoms with Gasteiger partial charge >= 0.3 is 12.0 Å². The maximum absolute atomic E-state index is 12.1. The molecule has 0 aromatic carbocycles. The fourth-order valence-corrected chi connectivity index (χ4v) is 3.36. The largest absolute Gasteiger partial charge is 0.466 e. The molecule has 24 heavy (non-hydrogen) atoms. The number of anilines is 1. The number of esters is 1. The Morgan fingerprint density at radius 2 is 2.38 bits per heavy atom. The predicted molar refractivity (Wildman–Crippen MR) is 89.0 cm³/mol. The molecule has 2 aromatic heterocycles. The van der Waals surface area contributed by atoms with Gasteiger partial charge < -0.3 is 10.1 Å². The zero-order valence-corrected chi connectivity index (χ0v) is 14.1. The Morgan fingerprint density at radius 1 is 1.50 bits per heavy atom. The monoisotopic (exact) mass is 349 g/mol. The van der Waals surface area contributed by atoms with Crippen LogP contribution in [0.25, 0.3) is 0 Å². The fourth-order valence-electron chi connectivity index (χ4n) is 2.66. The highest BCUT2D eigenvalue weighted by Crippen LogP contribution is 2.19. The van der Waals surface area contributed by atoms with Crippen molar-refractivity contribution in [3.05, 3.63) is 28.5 Å². The zero-order valence-electron chi connectivity index (χ0n) is 13.3. The summed E-state index contributed by atoms with van der Waals surface area (Å²) in [5.74, 6) is -0.323. The number of rotatable bonds is 5. The Kier molecular flexibility index (Phi) is 5.09. The van der Waals surface area contributed by atoms with Gasteiger partial charge in [0.2, 0.25) is 0 Å². The molecule has 0 saturated heterocycles. The van der Waals surface area contributed by atoms with Crippen LogP contribution < -0.4 is 10.6 Å². The highest BCUT2D eigenvalue weighted by atomic mass is 32.1. The summed E-state index contributed by atoms with van der Waals surface area (Å²) in [6.07, 6.45) is 4.48. The van der Waals surface area contributed by atoms with E-state index in [2.05, 4.69) is 25.8 Å². The quantitative estimate of drug-likeness (QED) is 0.711. The van der Waals surface area contributed by atoms with E-state index in [1.165, 1.54) is 16.9 Å². The number of aromatic amines is 1. The second-order valence-corrected chi connectivity index (χ2v) is 6.40. The second kappa shape index (κ2) is 7.43. The molecule has 1 atom stereocenters. The first-order valence-electron chi connectivity index (χ1n) is 7.82. The van der Waals surface area contributed by atoms with E-state index in [4.69, 9.17) is 4.74 Å². The average molecular weight is 349 g/mol. The number of aromatic nitrogens is 3. The van der Waals surface area contributed by atoms with E-state index in [0.29, 0.717) is 17.4 Å². The third-order valence-electron chi connectivity index (χ3n) is 3.76. The van der Waals surface area contributed by atoms with E-state index in [1.54, 1.807) is 12.3 Å². The molecule has 1 aliphatic carbocycles. The van der Waals surface area contributed by atoms with E-state index in [1.807, 2.05) is 6.20 Å². The summed E-state index contributed by atoms with van der Waals surface area (Å²) < 4.78 is 4.88. The highest BCUT2D eigenvalue weighted by Gasteiger charge is 2.21. The van der Waals surface area contributed by atoms with Gasteiger partial charge in [0.05, 0.1) is 24.9 Å². The highest BCUT2D eigenvalue weighted by molar-refractivity contribution is 7.13. The molecule has 0 spiro atoms. The molecule has 2 aromatic rings. The molecule has 0 saturated carbocycles. The van der Waals surface area contributed by atoms with E-state index in [-0.39, 0.29) is 24.5 Å². The van der Waals surface area contributed by atoms with E-state index < -0.39 is 0 Å². The van der Waals surface area contributed by atoms with Crippen LogP contribution in [0.2, 0.25) is 0 Å². The molecular weight excluding hydrogens is 330 g/mol. The van der Waals surface area contributed by atoms with Gasteiger partial charge in [-0.1, -0.05) is 0 Å². The number of H-pyrrole nitrogens is 1. The van der Waals surface area contributed by atoms with Crippen LogP contribution in [0.15, 0.2) is 11.6 Å². The number of urea groups is 1. The third-order valence-corrected chi connectivity index (χ3v) is 4.56. The topological polar surface area (TPSA) is 109 Å². The van der Waals surface area contributed by atoms with Crippen LogP contribution >= 0.6 is 11.3 Å². The number of nitrogens with one attached hydrogen (secondary N) is 3. The minimum Gasteiger partial charge on any atom is -0.466 e. The molecule has 8 nitrogen and oxygen atoms in total. The third kappa shape index (κ3) is 4.10. The van der Waals surface area contributed by atoms with Gasteiger partial charge in [0.1, 0.15) is 0 Å². The van der Waals surface area contributed by atoms with Crippen LogP contribution in [0.3, 0.4) is 0 Å². The van der Waals surface area contributed by atoms with Gasteiger partial charge in [-0.15, -0.1) is 11.3 Å². The zero-order chi connectivity index (χ0) is 16.9. The number of aryl methyl sites for hydroxylation is 1. The number of carbonyl (C=O) groups excluding carboxylic acids is 2. The first-order valence-corrected chi connectivity index (χ1v) is 8.70. The van der Waals surface area contributed by atoms with Gasteiger partial charge in [-0.25, -0.2) is 9.78 Å². The van der Waals surface area contributed by atoms with Crippen LogP contribution in [-0.4, -0.2) is 39.8 Å². The SMILES string of the molecule is CCOC(=O)Cc1csc(NC(=O)N[C@@H]2CCc3cn[nH]c3C2)n1. The van der Waals surface area contributed by atoms with Crippen molar-refractivity contribution < 1.29 is 14.3 Å². The number of carbonyl (C=O) groups is 2. The van der Waals surface area contributed by atoms with E-state index >= 15 is 0 Å². The van der Waals surface area contributed by atoms with Crippen LogP contribution in [0.1, 0.15) is 30.3 Å². The van der Waals surface area contributed by atoms with Crippen molar-refractivity contribution in [3.8, 4) is 0 Å². The van der Waals surface area contributed by atoms with Crippen molar-refractivity contribution in [1.29, 1.82) is 0 Å². The number of hydrogen-bond acceptors (Lipinski definition) is 6. The number of thiazole rings is 1. The van der Waals surface area contributed by atoms with Gasteiger partial charge in [0, 0.05) is 23.5 Å². The maximum Gasteiger partial charge on any atom is 0.321 e. The summed E-state index contributed by atoms with van der Waals surface area (Å²) in [5.41, 5.74) is 2.89. The minimum absolute atomic E-state index is 0.0666. The Labute approximate surface area is 143 Å². The van der Waals surface area contributed by atoms with Crippen molar-refractivity contribution in [2.45, 2.75) is 38.6 Å². The van der Waals surface area contributed by atoms with Crippen LogP contribution in [0, 0.1) is 0 Å². The van der Waals surface area contributed by atoms with Crippen LogP contribution in [0.5, 0.6) is 0 Å². The van der Waals surface area contributed by atoms with Crippen molar-refractivity contribution >= 4 is 28.5 Å². The Morgan fingerprint density at radius 3 is 3.21 bits per heavy atom. The summed E-state index contributed by atoms with van der Waals surface area (Å²) >= 11 is 1.28. The molecule has 2 heterocycles. The summed E-state index contributed by atoms with van der Waals surface area (Å²) in [5, 5.41) is 14.9. The summed E-state index contributed by atoms with van der Waals surface area (Å²) in [6, 6.07) is -0.225. The van der Waals surface area contributed by atoms with Gasteiger partial charge in [-0.2, -0.15) is 5.10 Å². The molecule has 9 heteroatoms. The average Bonchev–Trinajstić information content (AvgIpc) is 3.16. The molecule has 0 aliphatic heterocycles. The van der Waals surface area contributed by atoms with E-state index in [0.717, 1.165) is 25.0 Å². The molecule has 2 amide bonds. The lowest BCUT2D eigenvalue weighted by Gasteiger charge is -2.22. The molecule has 1 aliphatic rings. The van der Waals surface area contributed by atoms with Crippen LogP contribution in [-0.2, 0) is 28.8 Å². The van der Waals surface area contributed by atoms with Crippen LogP contribution in [0.4, 0.5) is 9.93 Å². The Balaban J connectivity index is 1.49. The molecular formula is C15H19N5O3S. The standard InChI is InChI=1S/C15H19N5O3S/c1-2-23-13(21)6-11-8-24-15(18-11)19-14(22)17-10-4-3-9-7-16-20-12(9)5-10/h7-8,10H,2-6H2,1H3,(H,16,20)(H2,17,18,19,22)/t10-/m1/s1. The second-order valence-electron chi connectivity index (χ2n) is 5.54. The molecule has 128 valence electrons. The lowest BCUT2D eigenvalue weighted by atomic mass is 9.94. The Bertz CT molecular complexity index is 726. The lowest BCUT2D eigenvalue weighted by Crippen LogP contribution is -2.41. The van der Waals surface area contributed by atoms with E-state index in [9.17, 15) is 9.59 Å². The van der Waals surface area contributed by atoms with Gasteiger partial charge in [-0.05, 0) is 25.3 Å². The normalized spacial score (nSPS) is 16.3. The maximum atomic E-state index is 12.1. The van der Waals surface area contributed by atoms with Gasteiger partial charge in [0.25, 0.3) is 0 Å². The number of fused-ring (bicyclic) bond motifs is 1. The van der Waals surface area contributed by atoms with Crippen molar-refractivity contribution in [2.24, 2.45) is 0 Å². The molecule has 3 rings (SSSR count).